The van der Waals surface area contributed by atoms with E-state index in [1.54, 1.807) is 34.1 Å². The van der Waals surface area contributed by atoms with Crippen LogP contribution in [0.1, 0.15) is 25.3 Å². The lowest BCUT2D eigenvalue weighted by Gasteiger charge is -2.42. The highest BCUT2D eigenvalue weighted by Gasteiger charge is 2.38. The average molecular weight is 469 g/mol. The summed E-state index contributed by atoms with van der Waals surface area (Å²) in [5, 5.41) is 2.89. The second-order valence-corrected chi connectivity index (χ2v) is 8.46. The van der Waals surface area contributed by atoms with E-state index < -0.39 is 11.8 Å². The first-order valence-electron chi connectivity index (χ1n) is 11.6. The van der Waals surface area contributed by atoms with Gasteiger partial charge in [0, 0.05) is 44.5 Å². The molecule has 2 aliphatic heterocycles. The summed E-state index contributed by atoms with van der Waals surface area (Å²) in [6.45, 7) is 4.67. The molecule has 0 aromatic heterocycles. The number of ether oxygens (including phenoxy) is 1. The highest BCUT2D eigenvalue weighted by Crippen LogP contribution is 2.22. The lowest BCUT2D eigenvalue weighted by molar-refractivity contribution is -0.158. The van der Waals surface area contributed by atoms with Crippen molar-refractivity contribution in [2.24, 2.45) is 0 Å². The SMILES string of the molecule is CCOc1ccc(NC(=O)N2CCC(N3CCN(Cc4ccc(F)cc4)C(=O)C3=O)CC2)cc1. The van der Waals surface area contributed by atoms with Crippen LogP contribution in [0.5, 0.6) is 5.75 Å². The van der Waals surface area contributed by atoms with E-state index in [4.69, 9.17) is 4.74 Å². The number of nitrogens with zero attached hydrogens (tertiary/aromatic N) is 3. The van der Waals surface area contributed by atoms with Crippen LogP contribution < -0.4 is 10.1 Å². The van der Waals surface area contributed by atoms with Gasteiger partial charge in [-0.2, -0.15) is 0 Å². The molecular formula is C25H29FN4O4. The molecule has 0 saturated carbocycles. The maximum Gasteiger partial charge on any atom is 0.321 e. The number of urea groups is 1. The zero-order valence-electron chi connectivity index (χ0n) is 19.2. The Morgan fingerprint density at radius 1 is 0.971 bits per heavy atom. The van der Waals surface area contributed by atoms with Gasteiger partial charge in [0.05, 0.1) is 6.61 Å². The number of likely N-dealkylation sites (tertiary alicyclic amines) is 1. The van der Waals surface area contributed by atoms with E-state index in [1.165, 1.54) is 17.0 Å². The third-order valence-electron chi connectivity index (χ3n) is 6.24. The van der Waals surface area contributed by atoms with Gasteiger partial charge in [0.1, 0.15) is 11.6 Å². The van der Waals surface area contributed by atoms with Crippen molar-refractivity contribution in [1.29, 1.82) is 0 Å². The number of anilines is 1. The van der Waals surface area contributed by atoms with Gasteiger partial charge in [-0.25, -0.2) is 9.18 Å². The Balaban J connectivity index is 1.26. The Morgan fingerprint density at radius 3 is 2.29 bits per heavy atom. The Hall–Kier alpha value is -3.62. The van der Waals surface area contributed by atoms with E-state index in [0.29, 0.717) is 51.3 Å². The quantitative estimate of drug-likeness (QED) is 0.661. The highest BCUT2D eigenvalue weighted by molar-refractivity contribution is 6.35. The molecule has 2 aromatic rings. The molecule has 0 atom stereocenters. The molecular weight excluding hydrogens is 439 g/mol. The van der Waals surface area contributed by atoms with E-state index in [-0.39, 0.29) is 24.4 Å². The number of carbonyl (C=O) groups excluding carboxylic acids is 3. The molecule has 0 aliphatic carbocycles. The van der Waals surface area contributed by atoms with Crippen molar-refractivity contribution in [3.05, 3.63) is 59.9 Å². The van der Waals surface area contributed by atoms with E-state index in [0.717, 1.165) is 11.3 Å². The topological polar surface area (TPSA) is 82.2 Å². The normalized spacial score (nSPS) is 17.2. The second-order valence-electron chi connectivity index (χ2n) is 8.46. The standard InChI is InChI=1S/C25H29FN4O4/c1-2-34-22-9-7-20(8-10-22)27-25(33)28-13-11-21(12-14-28)30-16-15-29(23(31)24(30)32)17-18-3-5-19(26)6-4-18/h3-10,21H,2,11-17H2,1H3,(H,27,33). The lowest BCUT2D eigenvalue weighted by atomic mass is 10.0. The van der Waals surface area contributed by atoms with Gasteiger partial charge in [0.15, 0.2) is 0 Å². The summed E-state index contributed by atoms with van der Waals surface area (Å²) in [7, 11) is 0. The van der Waals surface area contributed by atoms with Crippen LogP contribution in [-0.2, 0) is 16.1 Å². The molecule has 0 radical (unpaired) electrons. The molecule has 4 amide bonds. The van der Waals surface area contributed by atoms with Gasteiger partial charge >= 0.3 is 17.8 Å². The first-order valence-corrected chi connectivity index (χ1v) is 11.6. The smallest absolute Gasteiger partial charge is 0.321 e. The minimum Gasteiger partial charge on any atom is -0.494 e. The molecule has 34 heavy (non-hydrogen) atoms. The molecule has 180 valence electrons. The number of hydrogen-bond donors (Lipinski definition) is 1. The summed E-state index contributed by atoms with van der Waals surface area (Å²) in [6, 6.07) is 12.9. The molecule has 2 heterocycles. The van der Waals surface area contributed by atoms with Gasteiger partial charge in [0.25, 0.3) is 0 Å². The van der Waals surface area contributed by atoms with Crippen molar-refractivity contribution < 1.29 is 23.5 Å². The van der Waals surface area contributed by atoms with Crippen LogP contribution in [0.15, 0.2) is 48.5 Å². The van der Waals surface area contributed by atoms with Crippen LogP contribution >= 0.6 is 0 Å². The van der Waals surface area contributed by atoms with Crippen molar-refractivity contribution in [1.82, 2.24) is 14.7 Å². The number of piperidine rings is 1. The zero-order chi connectivity index (χ0) is 24.1. The van der Waals surface area contributed by atoms with Gasteiger partial charge < -0.3 is 24.8 Å². The van der Waals surface area contributed by atoms with Crippen LogP contribution in [0.2, 0.25) is 0 Å². The predicted octanol–water partition coefficient (Wildman–Crippen LogP) is 3.09. The fourth-order valence-corrected chi connectivity index (χ4v) is 4.38. The number of halogens is 1. The van der Waals surface area contributed by atoms with Gasteiger partial charge in [-0.15, -0.1) is 0 Å². The third-order valence-corrected chi connectivity index (χ3v) is 6.24. The lowest BCUT2D eigenvalue weighted by Crippen LogP contribution is -2.59. The van der Waals surface area contributed by atoms with Gasteiger partial charge in [-0.1, -0.05) is 12.1 Å². The summed E-state index contributed by atoms with van der Waals surface area (Å²) in [5.41, 5.74) is 1.47. The van der Waals surface area contributed by atoms with Crippen molar-refractivity contribution in [2.75, 3.05) is 38.1 Å². The molecule has 2 aromatic carbocycles. The monoisotopic (exact) mass is 468 g/mol. The molecule has 2 fully saturated rings. The Morgan fingerprint density at radius 2 is 1.65 bits per heavy atom. The Labute approximate surface area is 198 Å². The fraction of sp³-hybridized carbons (Fsp3) is 0.400. The van der Waals surface area contributed by atoms with Crippen molar-refractivity contribution in [2.45, 2.75) is 32.4 Å². The van der Waals surface area contributed by atoms with Crippen LogP contribution in [-0.4, -0.2) is 71.4 Å². The average Bonchev–Trinajstić information content (AvgIpc) is 2.85. The summed E-state index contributed by atoms with van der Waals surface area (Å²) in [6.07, 6.45) is 1.24. The summed E-state index contributed by atoms with van der Waals surface area (Å²) >= 11 is 0. The summed E-state index contributed by atoms with van der Waals surface area (Å²) < 4.78 is 18.5. The first-order chi connectivity index (χ1) is 16.4. The van der Waals surface area contributed by atoms with Crippen LogP contribution in [0.4, 0.5) is 14.9 Å². The summed E-state index contributed by atoms with van der Waals surface area (Å²) in [5.74, 6) is -0.634. The number of nitrogens with one attached hydrogen (secondary N) is 1. The number of carbonyl (C=O) groups is 3. The zero-order valence-corrected chi connectivity index (χ0v) is 19.2. The third kappa shape index (κ3) is 5.47. The Kier molecular flexibility index (Phi) is 7.30. The molecule has 0 bridgehead atoms. The van der Waals surface area contributed by atoms with Crippen LogP contribution in [0.3, 0.4) is 0 Å². The van der Waals surface area contributed by atoms with Crippen molar-refractivity contribution in [3.8, 4) is 5.75 Å². The van der Waals surface area contributed by atoms with Gasteiger partial charge in [0.2, 0.25) is 0 Å². The molecule has 0 unspecified atom stereocenters. The number of rotatable bonds is 6. The highest BCUT2D eigenvalue weighted by atomic mass is 19.1. The van der Waals surface area contributed by atoms with Crippen LogP contribution in [0.25, 0.3) is 0 Å². The van der Waals surface area contributed by atoms with Crippen molar-refractivity contribution in [3.63, 3.8) is 0 Å². The fourth-order valence-electron chi connectivity index (χ4n) is 4.38. The molecule has 4 rings (SSSR count). The number of amides is 4. The van der Waals surface area contributed by atoms with Gasteiger partial charge in [-0.05, 0) is 61.7 Å². The van der Waals surface area contributed by atoms with Crippen molar-refractivity contribution >= 4 is 23.5 Å². The van der Waals surface area contributed by atoms with E-state index in [2.05, 4.69) is 5.32 Å². The summed E-state index contributed by atoms with van der Waals surface area (Å²) in [4.78, 5) is 43.0. The first kappa shape index (κ1) is 23.5. The molecule has 2 saturated heterocycles. The molecule has 1 N–H and O–H groups in total. The minimum absolute atomic E-state index is 0.0704. The predicted molar refractivity (Wildman–Crippen MR) is 125 cm³/mol. The number of hydrogen-bond acceptors (Lipinski definition) is 4. The van der Waals surface area contributed by atoms with Crippen LogP contribution in [0, 0.1) is 5.82 Å². The van der Waals surface area contributed by atoms with E-state index >= 15 is 0 Å². The van der Waals surface area contributed by atoms with E-state index in [9.17, 15) is 18.8 Å². The molecule has 9 heteroatoms. The number of benzene rings is 2. The number of piperazine rings is 1. The molecule has 8 nitrogen and oxygen atoms in total. The van der Waals surface area contributed by atoms with E-state index in [1.807, 2.05) is 19.1 Å². The molecule has 0 spiro atoms. The maximum atomic E-state index is 13.1. The minimum atomic E-state index is -0.536. The van der Waals surface area contributed by atoms with Gasteiger partial charge in [-0.3, -0.25) is 9.59 Å². The maximum absolute atomic E-state index is 13.1. The molecule has 2 aliphatic rings. The second kappa shape index (κ2) is 10.5. The largest absolute Gasteiger partial charge is 0.494 e. The Bertz CT molecular complexity index is 1020.